The topological polar surface area (TPSA) is 45.8 Å². The van der Waals surface area contributed by atoms with Crippen molar-refractivity contribution < 1.29 is 14.3 Å². The first-order valence-electron chi connectivity index (χ1n) is 6.98. The van der Waals surface area contributed by atoms with Crippen LogP contribution >= 0.6 is 0 Å². The van der Waals surface area contributed by atoms with Crippen LogP contribution in [0.4, 0.5) is 0 Å². The van der Waals surface area contributed by atoms with E-state index in [1.165, 1.54) is 0 Å². The first-order chi connectivity index (χ1) is 9.51. The number of nitrogens with zero attached hydrogens (tertiary/aromatic N) is 1. The first-order valence-corrected chi connectivity index (χ1v) is 6.98. The molecule has 0 aliphatic heterocycles. The van der Waals surface area contributed by atoms with Gasteiger partial charge in [0.1, 0.15) is 18.1 Å². The summed E-state index contributed by atoms with van der Waals surface area (Å²) in [5.41, 5.74) is 0. The van der Waals surface area contributed by atoms with Gasteiger partial charge >= 0.3 is 0 Å². The SMILES string of the molecule is C#CCOCC(O)CN(Cc1ccc(C)o1)CC(C)C. The van der Waals surface area contributed by atoms with Crippen LogP contribution in [0.25, 0.3) is 0 Å². The number of terminal acetylenes is 1. The van der Waals surface area contributed by atoms with Gasteiger partial charge in [-0.2, -0.15) is 0 Å². The molecule has 0 radical (unpaired) electrons. The van der Waals surface area contributed by atoms with Crippen LogP contribution in [0.5, 0.6) is 0 Å². The van der Waals surface area contributed by atoms with E-state index in [0.29, 0.717) is 19.0 Å². The van der Waals surface area contributed by atoms with Gasteiger partial charge in [-0.15, -0.1) is 6.42 Å². The number of ether oxygens (including phenoxy) is 1. The first kappa shape index (κ1) is 16.8. The van der Waals surface area contributed by atoms with E-state index in [2.05, 4.69) is 24.7 Å². The monoisotopic (exact) mass is 279 g/mol. The molecule has 4 nitrogen and oxygen atoms in total. The normalized spacial score (nSPS) is 12.8. The maximum atomic E-state index is 9.98. The van der Waals surface area contributed by atoms with Crippen molar-refractivity contribution in [2.24, 2.45) is 5.92 Å². The third-order valence-corrected chi connectivity index (χ3v) is 2.76. The summed E-state index contributed by atoms with van der Waals surface area (Å²) in [6.07, 6.45) is 4.56. The van der Waals surface area contributed by atoms with Gasteiger partial charge in [-0.1, -0.05) is 19.8 Å². The average Bonchev–Trinajstić information content (AvgIpc) is 2.74. The van der Waals surface area contributed by atoms with Crippen molar-refractivity contribution in [1.29, 1.82) is 0 Å². The summed E-state index contributed by atoms with van der Waals surface area (Å²) in [5, 5.41) is 9.98. The molecule has 0 bridgehead atoms. The molecule has 0 aromatic carbocycles. The minimum Gasteiger partial charge on any atom is -0.465 e. The standard InChI is InChI=1S/C16H25NO3/c1-5-8-19-12-15(18)10-17(9-13(2)3)11-16-7-6-14(4)20-16/h1,6-7,13,15,18H,8-12H2,2-4H3. The fraction of sp³-hybridized carbons (Fsp3) is 0.625. The predicted octanol–water partition coefficient (Wildman–Crippen LogP) is 2.06. The van der Waals surface area contributed by atoms with Crippen molar-refractivity contribution in [2.45, 2.75) is 33.4 Å². The predicted molar refractivity (Wildman–Crippen MR) is 79.2 cm³/mol. The fourth-order valence-electron chi connectivity index (χ4n) is 2.12. The smallest absolute Gasteiger partial charge is 0.118 e. The fourth-order valence-corrected chi connectivity index (χ4v) is 2.12. The highest BCUT2D eigenvalue weighted by molar-refractivity contribution is 5.05. The molecular formula is C16H25NO3. The zero-order valence-electron chi connectivity index (χ0n) is 12.6. The Kier molecular flexibility index (Phi) is 7.38. The number of aliphatic hydroxyl groups is 1. The van der Waals surface area contributed by atoms with Gasteiger partial charge in [0.05, 0.1) is 19.3 Å². The number of hydrogen-bond acceptors (Lipinski definition) is 4. The highest BCUT2D eigenvalue weighted by atomic mass is 16.5. The maximum absolute atomic E-state index is 9.98. The summed E-state index contributed by atoms with van der Waals surface area (Å²) in [4.78, 5) is 2.17. The molecule has 0 spiro atoms. The van der Waals surface area contributed by atoms with E-state index < -0.39 is 6.10 Å². The van der Waals surface area contributed by atoms with Gasteiger partial charge in [-0.25, -0.2) is 0 Å². The largest absolute Gasteiger partial charge is 0.465 e. The van der Waals surface area contributed by atoms with E-state index in [-0.39, 0.29) is 13.2 Å². The molecule has 20 heavy (non-hydrogen) atoms. The molecular weight excluding hydrogens is 254 g/mol. The molecule has 1 aromatic rings. The third-order valence-electron chi connectivity index (χ3n) is 2.76. The van der Waals surface area contributed by atoms with Gasteiger partial charge in [0.25, 0.3) is 0 Å². The van der Waals surface area contributed by atoms with Crippen LogP contribution in [0.1, 0.15) is 25.4 Å². The van der Waals surface area contributed by atoms with E-state index in [1.54, 1.807) is 0 Å². The van der Waals surface area contributed by atoms with Crippen molar-refractivity contribution in [3.8, 4) is 12.3 Å². The number of hydrogen-bond donors (Lipinski definition) is 1. The van der Waals surface area contributed by atoms with Crippen molar-refractivity contribution >= 4 is 0 Å². The molecule has 1 rings (SSSR count). The van der Waals surface area contributed by atoms with Crippen LogP contribution in [0.15, 0.2) is 16.5 Å². The Labute approximate surface area is 121 Å². The van der Waals surface area contributed by atoms with Crippen LogP contribution in [-0.4, -0.2) is 42.4 Å². The second kappa shape index (κ2) is 8.80. The minimum absolute atomic E-state index is 0.235. The van der Waals surface area contributed by atoms with Gasteiger partial charge in [0, 0.05) is 13.1 Å². The molecule has 4 heteroatoms. The zero-order chi connectivity index (χ0) is 15.0. The van der Waals surface area contributed by atoms with Crippen LogP contribution < -0.4 is 0 Å². The molecule has 0 amide bonds. The molecule has 1 aromatic heterocycles. The zero-order valence-corrected chi connectivity index (χ0v) is 12.6. The molecule has 0 saturated carbocycles. The molecule has 1 heterocycles. The number of aliphatic hydroxyl groups excluding tert-OH is 1. The van der Waals surface area contributed by atoms with E-state index in [9.17, 15) is 5.11 Å². The second-order valence-corrected chi connectivity index (χ2v) is 5.47. The second-order valence-electron chi connectivity index (χ2n) is 5.47. The molecule has 0 saturated heterocycles. The van der Waals surface area contributed by atoms with Crippen molar-refractivity contribution in [2.75, 3.05) is 26.3 Å². The molecule has 0 fully saturated rings. The molecule has 1 unspecified atom stereocenters. The van der Waals surface area contributed by atoms with Gasteiger partial charge in [0.2, 0.25) is 0 Å². The molecule has 1 atom stereocenters. The Balaban J connectivity index is 2.49. The summed E-state index contributed by atoms with van der Waals surface area (Å²) in [6, 6.07) is 3.93. The number of rotatable bonds is 9. The highest BCUT2D eigenvalue weighted by Crippen LogP contribution is 2.11. The maximum Gasteiger partial charge on any atom is 0.118 e. The molecule has 112 valence electrons. The van der Waals surface area contributed by atoms with Crippen molar-refractivity contribution in [3.63, 3.8) is 0 Å². The van der Waals surface area contributed by atoms with E-state index in [4.69, 9.17) is 15.6 Å². The van der Waals surface area contributed by atoms with Gasteiger partial charge in [-0.3, -0.25) is 4.90 Å². The molecule has 1 N–H and O–H groups in total. The lowest BCUT2D eigenvalue weighted by Crippen LogP contribution is -2.36. The molecule has 0 aliphatic carbocycles. The quantitative estimate of drug-likeness (QED) is 0.555. The van der Waals surface area contributed by atoms with Crippen LogP contribution in [-0.2, 0) is 11.3 Å². The average molecular weight is 279 g/mol. The lowest BCUT2D eigenvalue weighted by molar-refractivity contribution is 0.0224. The Bertz CT molecular complexity index is 420. The lowest BCUT2D eigenvalue weighted by Gasteiger charge is -2.25. The van der Waals surface area contributed by atoms with E-state index >= 15 is 0 Å². The highest BCUT2D eigenvalue weighted by Gasteiger charge is 2.15. The summed E-state index contributed by atoms with van der Waals surface area (Å²) in [7, 11) is 0. The van der Waals surface area contributed by atoms with Gasteiger partial charge in [0.15, 0.2) is 0 Å². The molecule has 0 aliphatic rings. The Hall–Kier alpha value is -1.28. The lowest BCUT2D eigenvalue weighted by atomic mass is 10.2. The Morgan fingerprint density at radius 1 is 1.40 bits per heavy atom. The Morgan fingerprint density at radius 2 is 2.15 bits per heavy atom. The van der Waals surface area contributed by atoms with Crippen LogP contribution in [0, 0.1) is 25.2 Å². The number of aryl methyl sites for hydroxylation is 1. The van der Waals surface area contributed by atoms with Crippen molar-refractivity contribution in [3.05, 3.63) is 23.7 Å². The summed E-state index contributed by atoms with van der Waals surface area (Å²) in [5.74, 6) is 4.73. The Morgan fingerprint density at radius 3 is 2.70 bits per heavy atom. The number of furan rings is 1. The van der Waals surface area contributed by atoms with Crippen molar-refractivity contribution in [1.82, 2.24) is 4.90 Å². The third kappa shape index (κ3) is 6.76. The van der Waals surface area contributed by atoms with Gasteiger partial charge in [-0.05, 0) is 25.0 Å². The van der Waals surface area contributed by atoms with Crippen LogP contribution in [0.3, 0.4) is 0 Å². The summed E-state index contributed by atoms with van der Waals surface area (Å²) < 4.78 is 10.8. The minimum atomic E-state index is -0.543. The summed E-state index contributed by atoms with van der Waals surface area (Å²) >= 11 is 0. The van der Waals surface area contributed by atoms with Gasteiger partial charge < -0.3 is 14.3 Å². The van der Waals surface area contributed by atoms with E-state index in [0.717, 1.165) is 18.1 Å². The van der Waals surface area contributed by atoms with E-state index in [1.807, 2.05) is 19.1 Å². The van der Waals surface area contributed by atoms with Crippen LogP contribution in [0.2, 0.25) is 0 Å². The summed E-state index contributed by atoms with van der Waals surface area (Å²) in [6.45, 7) is 8.86.